The Morgan fingerprint density at radius 3 is 2.57 bits per heavy atom. The van der Waals surface area contributed by atoms with Crippen molar-refractivity contribution in [3.63, 3.8) is 0 Å². The second-order valence-corrected chi connectivity index (χ2v) is 8.98. The Labute approximate surface area is 181 Å². The lowest BCUT2D eigenvalue weighted by atomic mass is 9.95. The zero-order chi connectivity index (χ0) is 21.1. The first kappa shape index (κ1) is 20.7. The molecule has 1 aliphatic heterocycles. The molecule has 3 heterocycles. The molecule has 1 amide bonds. The van der Waals surface area contributed by atoms with Crippen LogP contribution in [0.15, 0.2) is 47.1 Å². The molecule has 2 aromatic heterocycles. The SMILES string of the molecule is CCOc1ccc([C@@H](c2c(NC(=O)c3ccco3)sc(C)c2C)[NH+]2CCCC2)cc1. The maximum atomic E-state index is 12.7. The summed E-state index contributed by atoms with van der Waals surface area (Å²) >= 11 is 1.65. The average Bonchev–Trinajstić information content (AvgIpc) is 3.49. The summed E-state index contributed by atoms with van der Waals surface area (Å²) < 4.78 is 10.9. The smallest absolute Gasteiger partial charge is 0.291 e. The highest BCUT2D eigenvalue weighted by molar-refractivity contribution is 7.16. The first-order valence-corrected chi connectivity index (χ1v) is 11.4. The molecule has 6 heteroatoms. The van der Waals surface area contributed by atoms with E-state index in [1.54, 1.807) is 28.4 Å². The molecule has 0 saturated carbocycles. The number of carbonyl (C=O) groups excluding carboxylic acids is 1. The average molecular weight is 426 g/mol. The van der Waals surface area contributed by atoms with Gasteiger partial charge in [-0.1, -0.05) is 0 Å². The van der Waals surface area contributed by atoms with Crippen LogP contribution in [-0.2, 0) is 0 Å². The summed E-state index contributed by atoms with van der Waals surface area (Å²) in [7, 11) is 0. The minimum absolute atomic E-state index is 0.181. The van der Waals surface area contributed by atoms with E-state index in [0.717, 1.165) is 23.8 Å². The lowest BCUT2D eigenvalue weighted by Crippen LogP contribution is -3.10. The van der Waals surface area contributed by atoms with Crippen LogP contribution < -0.4 is 15.0 Å². The summed E-state index contributed by atoms with van der Waals surface area (Å²) in [5.74, 6) is 1.01. The zero-order valence-electron chi connectivity index (χ0n) is 17.8. The van der Waals surface area contributed by atoms with Crippen LogP contribution in [-0.4, -0.2) is 25.6 Å². The highest BCUT2D eigenvalue weighted by Crippen LogP contribution is 2.39. The summed E-state index contributed by atoms with van der Waals surface area (Å²) in [6.07, 6.45) is 4.00. The molecule has 0 unspecified atom stereocenters. The summed E-state index contributed by atoms with van der Waals surface area (Å²) in [5, 5.41) is 4.05. The fourth-order valence-corrected chi connectivity index (χ4v) is 5.40. The minimum Gasteiger partial charge on any atom is -0.494 e. The number of thiophene rings is 1. The van der Waals surface area contributed by atoms with Gasteiger partial charge in [0, 0.05) is 23.3 Å². The van der Waals surface area contributed by atoms with Crippen molar-refractivity contribution in [1.82, 2.24) is 0 Å². The highest BCUT2D eigenvalue weighted by atomic mass is 32.1. The van der Waals surface area contributed by atoms with Crippen molar-refractivity contribution >= 4 is 22.2 Å². The first-order chi connectivity index (χ1) is 14.6. The van der Waals surface area contributed by atoms with Crippen LogP contribution in [0.1, 0.15) is 57.9 Å². The van der Waals surface area contributed by atoms with E-state index in [2.05, 4.69) is 43.4 Å². The van der Waals surface area contributed by atoms with E-state index < -0.39 is 0 Å². The molecule has 4 rings (SSSR count). The van der Waals surface area contributed by atoms with Crippen molar-refractivity contribution in [2.75, 3.05) is 25.0 Å². The fraction of sp³-hybridized carbons (Fsp3) is 0.375. The van der Waals surface area contributed by atoms with Crippen molar-refractivity contribution in [2.24, 2.45) is 0 Å². The molecule has 0 aliphatic carbocycles. The largest absolute Gasteiger partial charge is 0.494 e. The van der Waals surface area contributed by atoms with Crippen molar-refractivity contribution < 1.29 is 18.8 Å². The zero-order valence-corrected chi connectivity index (χ0v) is 18.6. The molecule has 2 N–H and O–H groups in total. The Kier molecular flexibility index (Phi) is 6.25. The van der Waals surface area contributed by atoms with Gasteiger partial charge in [0.05, 0.1) is 31.5 Å². The van der Waals surface area contributed by atoms with Gasteiger partial charge in [-0.3, -0.25) is 4.79 Å². The summed E-state index contributed by atoms with van der Waals surface area (Å²) in [6.45, 7) is 9.22. The second kappa shape index (κ2) is 9.06. The molecule has 1 aromatic carbocycles. The van der Waals surface area contributed by atoms with Gasteiger partial charge in [0.15, 0.2) is 5.76 Å². The molecule has 0 radical (unpaired) electrons. The number of carbonyl (C=O) groups is 1. The van der Waals surface area contributed by atoms with Crippen LogP contribution in [0.5, 0.6) is 5.75 Å². The van der Waals surface area contributed by atoms with Gasteiger partial charge in [-0.05, 0) is 62.7 Å². The van der Waals surface area contributed by atoms with Crippen molar-refractivity contribution in [1.29, 1.82) is 0 Å². The molecule has 30 heavy (non-hydrogen) atoms. The number of rotatable bonds is 7. The molecule has 1 saturated heterocycles. The molecule has 0 bridgehead atoms. The Hall–Kier alpha value is -2.57. The Morgan fingerprint density at radius 1 is 1.20 bits per heavy atom. The number of ether oxygens (including phenoxy) is 1. The molecular formula is C24H29N2O3S+. The highest BCUT2D eigenvalue weighted by Gasteiger charge is 2.34. The van der Waals surface area contributed by atoms with Crippen LogP contribution in [0, 0.1) is 13.8 Å². The number of amides is 1. The minimum atomic E-state index is -0.204. The number of benzene rings is 1. The van der Waals surface area contributed by atoms with Crippen LogP contribution in [0.3, 0.4) is 0 Å². The summed E-state index contributed by atoms with van der Waals surface area (Å²) in [6, 6.07) is 12.1. The maximum absolute atomic E-state index is 12.7. The third kappa shape index (κ3) is 4.16. The van der Waals surface area contributed by atoms with E-state index in [1.165, 1.54) is 40.7 Å². The summed E-state index contributed by atoms with van der Waals surface area (Å²) in [4.78, 5) is 15.5. The standard InChI is InChI=1S/C24H28N2O3S/c1-4-28-19-11-9-18(10-12-19)22(26-13-5-6-14-26)21-16(2)17(3)30-24(21)25-23(27)20-8-7-15-29-20/h7-12,15,22H,4-6,13-14H2,1-3H3,(H,25,27)/p+1/t22-/m0/s1. The Morgan fingerprint density at radius 2 is 1.93 bits per heavy atom. The molecular weight excluding hydrogens is 396 g/mol. The number of quaternary nitrogens is 1. The number of furan rings is 1. The second-order valence-electron chi connectivity index (χ2n) is 7.76. The normalized spacial score (nSPS) is 15.3. The number of hydrogen-bond acceptors (Lipinski definition) is 4. The third-order valence-electron chi connectivity index (χ3n) is 5.87. The number of anilines is 1. The molecule has 1 aliphatic rings. The molecule has 0 spiro atoms. The van der Waals surface area contributed by atoms with Crippen molar-refractivity contribution in [3.05, 3.63) is 70.0 Å². The predicted molar refractivity (Wildman–Crippen MR) is 120 cm³/mol. The molecule has 5 nitrogen and oxygen atoms in total. The Bertz CT molecular complexity index is 986. The van der Waals surface area contributed by atoms with E-state index in [-0.39, 0.29) is 11.9 Å². The van der Waals surface area contributed by atoms with Crippen LogP contribution in [0.4, 0.5) is 5.00 Å². The lowest BCUT2D eigenvalue weighted by molar-refractivity contribution is -0.913. The predicted octanol–water partition coefficient (Wildman–Crippen LogP) is 4.38. The van der Waals surface area contributed by atoms with Gasteiger partial charge in [0.2, 0.25) is 0 Å². The molecule has 1 atom stereocenters. The van der Waals surface area contributed by atoms with Gasteiger partial charge in [-0.25, -0.2) is 0 Å². The van der Waals surface area contributed by atoms with Gasteiger partial charge >= 0.3 is 0 Å². The van der Waals surface area contributed by atoms with Gasteiger partial charge in [-0.2, -0.15) is 0 Å². The van der Waals surface area contributed by atoms with E-state index in [9.17, 15) is 4.79 Å². The summed E-state index contributed by atoms with van der Waals surface area (Å²) in [5.41, 5.74) is 3.73. The van der Waals surface area contributed by atoms with E-state index >= 15 is 0 Å². The third-order valence-corrected chi connectivity index (χ3v) is 7.01. The first-order valence-electron chi connectivity index (χ1n) is 10.6. The molecule has 1 fully saturated rings. The van der Waals surface area contributed by atoms with Crippen LogP contribution >= 0.6 is 11.3 Å². The topological polar surface area (TPSA) is 55.9 Å². The van der Waals surface area contributed by atoms with Crippen molar-refractivity contribution in [3.8, 4) is 5.75 Å². The Balaban J connectivity index is 1.74. The fourth-order valence-electron chi connectivity index (χ4n) is 4.30. The van der Waals surface area contributed by atoms with Gasteiger partial charge < -0.3 is 19.4 Å². The molecule has 3 aromatic rings. The number of nitrogens with one attached hydrogen (secondary N) is 2. The van der Waals surface area contributed by atoms with Crippen molar-refractivity contribution in [2.45, 2.75) is 39.7 Å². The van der Waals surface area contributed by atoms with E-state index in [0.29, 0.717) is 12.4 Å². The lowest BCUT2D eigenvalue weighted by Gasteiger charge is -2.26. The maximum Gasteiger partial charge on any atom is 0.291 e. The number of aryl methyl sites for hydroxylation is 1. The van der Waals surface area contributed by atoms with Gasteiger partial charge in [-0.15, -0.1) is 11.3 Å². The van der Waals surface area contributed by atoms with E-state index in [1.807, 2.05) is 6.92 Å². The number of hydrogen-bond donors (Lipinski definition) is 2. The van der Waals surface area contributed by atoms with E-state index in [4.69, 9.17) is 9.15 Å². The van der Waals surface area contributed by atoms with Crippen LogP contribution in [0.25, 0.3) is 0 Å². The van der Waals surface area contributed by atoms with Gasteiger partial charge in [0.1, 0.15) is 16.8 Å². The quantitative estimate of drug-likeness (QED) is 0.591. The van der Waals surface area contributed by atoms with Gasteiger partial charge in [0.25, 0.3) is 5.91 Å². The molecule has 158 valence electrons. The monoisotopic (exact) mass is 425 g/mol. The number of likely N-dealkylation sites (tertiary alicyclic amines) is 1. The van der Waals surface area contributed by atoms with Crippen LogP contribution in [0.2, 0.25) is 0 Å².